The smallest absolute Gasteiger partial charge is 0.194 e. The molecule has 5 nitrogen and oxygen atoms in total. The van der Waals surface area contributed by atoms with Gasteiger partial charge < -0.3 is 20.1 Å². The van der Waals surface area contributed by atoms with Crippen LogP contribution in [0.1, 0.15) is 43.6 Å². The van der Waals surface area contributed by atoms with Crippen molar-refractivity contribution in [1.82, 2.24) is 4.90 Å². The molecule has 8 heteroatoms. The number of aliphatic hydroxyl groups is 3. The standard InChI is InChI=1S/C25H30F3NO4/c26-20-12-19(13-21(27)23(20)28)33-16-25(32)15-29(11-8-22(25)30)14-24(31)9-6-18(7-10-24)17-4-2-1-3-5-17/h1-5,12-13,18,22,30-32H,6-11,14-16H2/t18?,22-,24?,25-/m0/s1. The van der Waals surface area contributed by atoms with Crippen molar-refractivity contribution in [2.45, 2.75) is 55.3 Å². The zero-order valence-corrected chi connectivity index (χ0v) is 18.4. The third kappa shape index (κ3) is 5.51. The molecule has 180 valence electrons. The molecule has 2 atom stereocenters. The number of benzene rings is 2. The van der Waals surface area contributed by atoms with Crippen LogP contribution in [-0.4, -0.2) is 63.8 Å². The van der Waals surface area contributed by atoms with Gasteiger partial charge in [-0.15, -0.1) is 0 Å². The van der Waals surface area contributed by atoms with Crippen LogP contribution in [-0.2, 0) is 0 Å². The van der Waals surface area contributed by atoms with Crippen molar-refractivity contribution in [2.24, 2.45) is 0 Å². The lowest BCUT2D eigenvalue weighted by Gasteiger charge is -2.46. The van der Waals surface area contributed by atoms with Gasteiger partial charge in [-0.3, -0.25) is 4.90 Å². The molecule has 1 saturated carbocycles. The number of piperidine rings is 1. The van der Waals surface area contributed by atoms with Crippen molar-refractivity contribution in [3.05, 3.63) is 65.5 Å². The highest BCUT2D eigenvalue weighted by Gasteiger charge is 2.44. The minimum absolute atomic E-state index is 0.0325. The molecule has 2 aliphatic rings. The fourth-order valence-corrected chi connectivity index (χ4v) is 5.03. The number of hydrogen-bond donors (Lipinski definition) is 3. The molecule has 1 aliphatic carbocycles. The quantitative estimate of drug-likeness (QED) is 0.571. The number of likely N-dealkylation sites (tertiary alicyclic amines) is 1. The molecule has 0 bridgehead atoms. The van der Waals surface area contributed by atoms with E-state index in [1.54, 1.807) is 0 Å². The summed E-state index contributed by atoms with van der Waals surface area (Å²) >= 11 is 0. The van der Waals surface area contributed by atoms with E-state index in [0.29, 0.717) is 44.0 Å². The van der Waals surface area contributed by atoms with Crippen molar-refractivity contribution < 1.29 is 33.2 Å². The Balaban J connectivity index is 1.35. The maximum Gasteiger partial charge on any atom is 0.194 e. The molecular weight excluding hydrogens is 435 g/mol. The van der Waals surface area contributed by atoms with Crippen LogP contribution in [0.15, 0.2) is 42.5 Å². The molecule has 1 saturated heterocycles. The third-order valence-electron chi connectivity index (χ3n) is 6.99. The van der Waals surface area contributed by atoms with Gasteiger partial charge in [0, 0.05) is 31.8 Å². The summed E-state index contributed by atoms with van der Waals surface area (Å²) in [6.45, 7) is 0.450. The topological polar surface area (TPSA) is 73.2 Å². The van der Waals surface area contributed by atoms with Crippen molar-refractivity contribution in [1.29, 1.82) is 0 Å². The number of aliphatic hydroxyl groups excluding tert-OH is 1. The fourth-order valence-electron chi connectivity index (χ4n) is 5.03. The monoisotopic (exact) mass is 465 g/mol. The first-order valence-electron chi connectivity index (χ1n) is 11.3. The maximum atomic E-state index is 13.4. The van der Waals surface area contributed by atoms with Crippen molar-refractivity contribution in [2.75, 3.05) is 26.2 Å². The first-order chi connectivity index (χ1) is 15.7. The molecular formula is C25H30F3NO4. The van der Waals surface area contributed by atoms with Crippen LogP contribution in [0.25, 0.3) is 0 Å². The van der Waals surface area contributed by atoms with Crippen molar-refractivity contribution in [3.8, 4) is 5.75 Å². The van der Waals surface area contributed by atoms with Gasteiger partial charge in [-0.2, -0.15) is 0 Å². The van der Waals surface area contributed by atoms with Gasteiger partial charge in [0.15, 0.2) is 17.5 Å². The van der Waals surface area contributed by atoms with E-state index in [0.717, 1.165) is 12.8 Å². The molecule has 0 amide bonds. The van der Waals surface area contributed by atoms with E-state index >= 15 is 0 Å². The molecule has 3 N–H and O–H groups in total. The lowest BCUT2D eigenvalue weighted by Crippen LogP contribution is -2.62. The van der Waals surface area contributed by atoms with Gasteiger partial charge in [0.2, 0.25) is 0 Å². The van der Waals surface area contributed by atoms with E-state index in [2.05, 4.69) is 12.1 Å². The van der Waals surface area contributed by atoms with Gasteiger partial charge in [0.1, 0.15) is 18.0 Å². The molecule has 4 rings (SSSR count). The normalized spacial score (nSPS) is 30.8. The van der Waals surface area contributed by atoms with Crippen LogP contribution in [0.3, 0.4) is 0 Å². The Morgan fingerprint density at radius 2 is 1.61 bits per heavy atom. The molecule has 2 aromatic carbocycles. The number of nitrogens with zero attached hydrogens (tertiary/aromatic N) is 1. The fraction of sp³-hybridized carbons (Fsp3) is 0.520. The SMILES string of the molecule is O[C@H]1CCN(CC2(O)CCC(c3ccccc3)CC2)C[C@]1(O)COc1cc(F)c(F)c(F)c1. The van der Waals surface area contributed by atoms with E-state index < -0.39 is 41.4 Å². The second-order valence-corrected chi connectivity index (χ2v) is 9.52. The van der Waals surface area contributed by atoms with Gasteiger partial charge in [-0.05, 0) is 43.6 Å². The Kier molecular flexibility index (Phi) is 7.00. The van der Waals surface area contributed by atoms with E-state index in [1.165, 1.54) is 5.56 Å². The van der Waals surface area contributed by atoms with Gasteiger partial charge in [-0.1, -0.05) is 30.3 Å². The van der Waals surface area contributed by atoms with Gasteiger partial charge in [0.05, 0.1) is 11.7 Å². The molecule has 2 aromatic rings. The van der Waals surface area contributed by atoms with Gasteiger partial charge >= 0.3 is 0 Å². The van der Waals surface area contributed by atoms with E-state index in [-0.39, 0.29) is 18.7 Å². The average Bonchev–Trinajstić information content (AvgIpc) is 2.79. The van der Waals surface area contributed by atoms with E-state index in [9.17, 15) is 28.5 Å². The molecule has 2 fully saturated rings. The molecule has 0 aromatic heterocycles. The lowest BCUT2D eigenvalue weighted by atomic mass is 9.75. The summed E-state index contributed by atoms with van der Waals surface area (Å²) in [6, 6.07) is 11.6. The zero-order chi connectivity index (χ0) is 23.6. The maximum absolute atomic E-state index is 13.4. The summed E-state index contributed by atoms with van der Waals surface area (Å²) in [5.74, 6) is -4.24. The summed E-state index contributed by atoms with van der Waals surface area (Å²) in [7, 11) is 0. The summed E-state index contributed by atoms with van der Waals surface area (Å²) in [5.41, 5.74) is -1.31. The Morgan fingerprint density at radius 3 is 2.24 bits per heavy atom. The van der Waals surface area contributed by atoms with Crippen LogP contribution < -0.4 is 4.74 Å². The number of ether oxygens (including phenoxy) is 1. The highest BCUT2D eigenvalue weighted by atomic mass is 19.2. The highest BCUT2D eigenvalue weighted by Crippen LogP contribution is 2.39. The summed E-state index contributed by atoms with van der Waals surface area (Å²) < 4.78 is 45.3. The minimum Gasteiger partial charge on any atom is -0.490 e. The largest absolute Gasteiger partial charge is 0.490 e. The highest BCUT2D eigenvalue weighted by molar-refractivity contribution is 5.25. The predicted molar refractivity (Wildman–Crippen MR) is 116 cm³/mol. The number of hydrogen-bond acceptors (Lipinski definition) is 5. The van der Waals surface area contributed by atoms with Crippen LogP contribution in [0.5, 0.6) is 5.75 Å². The molecule has 0 radical (unpaired) electrons. The Hall–Kier alpha value is -2.13. The molecule has 0 spiro atoms. The first kappa shape index (κ1) is 24.0. The second-order valence-electron chi connectivity index (χ2n) is 9.52. The van der Waals surface area contributed by atoms with Crippen molar-refractivity contribution in [3.63, 3.8) is 0 Å². The number of halogens is 3. The third-order valence-corrected chi connectivity index (χ3v) is 6.99. The zero-order valence-electron chi connectivity index (χ0n) is 18.4. The number of rotatable bonds is 6. The van der Waals surface area contributed by atoms with E-state index in [4.69, 9.17) is 4.74 Å². The Bertz CT molecular complexity index is 929. The average molecular weight is 466 g/mol. The molecule has 1 aliphatic heterocycles. The van der Waals surface area contributed by atoms with Gasteiger partial charge in [-0.25, -0.2) is 13.2 Å². The second kappa shape index (κ2) is 9.62. The summed E-state index contributed by atoms with van der Waals surface area (Å²) in [6.07, 6.45) is 2.16. The first-order valence-corrected chi connectivity index (χ1v) is 11.3. The summed E-state index contributed by atoms with van der Waals surface area (Å²) in [4.78, 5) is 1.89. The Labute approximate surface area is 191 Å². The molecule has 33 heavy (non-hydrogen) atoms. The molecule has 0 unspecified atom stereocenters. The Morgan fingerprint density at radius 1 is 0.970 bits per heavy atom. The minimum atomic E-state index is -1.70. The number of β-amino-alcohol motifs (C(OH)–C–C–N with tert-alkyl or cyclic N) is 2. The molecule has 1 heterocycles. The van der Waals surface area contributed by atoms with Crippen LogP contribution in [0.4, 0.5) is 13.2 Å². The van der Waals surface area contributed by atoms with E-state index in [1.807, 2.05) is 23.1 Å². The van der Waals surface area contributed by atoms with Crippen LogP contribution in [0.2, 0.25) is 0 Å². The van der Waals surface area contributed by atoms with Gasteiger partial charge in [0.25, 0.3) is 0 Å². The van der Waals surface area contributed by atoms with Crippen LogP contribution >= 0.6 is 0 Å². The lowest BCUT2D eigenvalue weighted by molar-refractivity contribution is -0.150. The predicted octanol–water partition coefficient (Wildman–Crippen LogP) is 3.37. The van der Waals surface area contributed by atoms with Crippen molar-refractivity contribution >= 4 is 0 Å². The summed E-state index contributed by atoms with van der Waals surface area (Å²) in [5, 5.41) is 32.6. The van der Waals surface area contributed by atoms with Crippen LogP contribution in [0, 0.1) is 17.5 Å².